The number of rotatable bonds is 3. The van der Waals surface area contributed by atoms with Gasteiger partial charge in [-0.15, -0.1) is 0 Å². The zero-order valence-corrected chi connectivity index (χ0v) is 10.9. The van der Waals surface area contributed by atoms with E-state index in [2.05, 4.69) is 24.3 Å². The van der Waals surface area contributed by atoms with Gasteiger partial charge in [-0.3, -0.25) is 4.79 Å². The van der Waals surface area contributed by atoms with Gasteiger partial charge < -0.3 is 10.8 Å². The van der Waals surface area contributed by atoms with Gasteiger partial charge in [-0.1, -0.05) is 42.5 Å². The first-order valence-electron chi connectivity index (χ1n) is 6.53. The Labute approximate surface area is 116 Å². The molecule has 0 saturated carbocycles. The Bertz CT molecular complexity index is 795. The van der Waals surface area contributed by atoms with Crippen molar-refractivity contribution in [3.8, 4) is 0 Å². The van der Waals surface area contributed by atoms with Crippen molar-refractivity contribution in [2.24, 2.45) is 5.73 Å². The van der Waals surface area contributed by atoms with Gasteiger partial charge in [0.1, 0.15) is 6.04 Å². The van der Waals surface area contributed by atoms with E-state index in [0.717, 1.165) is 16.3 Å². The molecule has 0 amide bonds. The van der Waals surface area contributed by atoms with Crippen molar-refractivity contribution in [1.29, 1.82) is 0 Å². The van der Waals surface area contributed by atoms with E-state index < -0.39 is 12.0 Å². The average Bonchev–Trinajstić information content (AvgIpc) is 2.45. The van der Waals surface area contributed by atoms with Crippen molar-refractivity contribution in [2.75, 3.05) is 0 Å². The van der Waals surface area contributed by atoms with Gasteiger partial charge >= 0.3 is 5.97 Å². The Morgan fingerprint density at radius 1 is 0.950 bits per heavy atom. The van der Waals surface area contributed by atoms with Crippen LogP contribution in [0.4, 0.5) is 0 Å². The Hall–Kier alpha value is -2.39. The Morgan fingerprint density at radius 2 is 1.55 bits per heavy atom. The zero-order valence-electron chi connectivity index (χ0n) is 10.9. The maximum atomic E-state index is 10.8. The number of nitrogens with two attached hydrogens (primary N) is 1. The molecule has 0 aliphatic carbocycles. The van der Waals surface area contributed by atoms with Crippen LogP contribution in [-0.2, 0) is 11.2 Å². The van der Waals surface area contributed by atoms with Gasteiger partial charge in [0.2, 0.25) is 0 Å². The van der Waals surface area contributed by atoms with Gasteiger partial charge in [-0.05, 0) is 45.7 Å². The third kappa shape index (κ3) is 2.36. The minimum atomic E-state index is -0.969. The lowest BCUT2D eigenvalue weighted by Gasteiger charge is -2.08. The van der Waals surface area contributed by atoms with Crippen molar-refractivity contribution in [3.05, 3.63) is 60.2 Å². The summed E-state index contributed by atoms with van der Waals surface area (Å²) in [5, 5.41) is 13.5. The number of carboxylic acids is 1. The van der Waals surface area contributed by atoms with Crippen LogP contribution in [0.25, 0.3) is 21.5 Å². The second-order valence-electron chi connectivity index (χ2n) is 5.03. The second kappa shape index (κ2) is 4.94. The third-order valence-electron chi connectivity index (χ3n) is 3.54. The molecule has 3 heteroatoms. The summed E-state index contributed by atoms with van der Waals surface area (Å²) in [6.45, 7) is 0. The Balaban J connectivity index is 2.06. The average molecular weight is 265 g/mol. The summed E-state index contributed by atoms with van der Waals surface area (Å²) in [5.41, 5.74) is 6.53. The zero-order chi connectivity index (χ0) is 14.1. The molecule has 3 aromatic carbocycles. The molecule has 0 aliphatic heterocycles. The molecule has 0 unspecified atom stereocenters. The highest BCUT2D eigenvalue weighted by atomic mass is 16.4. The van der Waals surface area contributed by atoms with Crippen LogP contribution in [0.3, 0.4) is 0 Å². The smallest absolute Gasteiger partial charge is 0.320 e. The van der Waals surface area contributed by atoms with E-state index >= 15 is 0 Å². The van der Waals surface area contributed by atoms with E-state index in [1.54, 1.807) is 0 Å². The second-order valence-corrected chi connectivity index (χ2v) is 5.03. The Kier molecular flexibility index (Phi) is 3.12. The predicted molar refractivity (Wildman–Crippen MR) is 80.8 cm³/mol. The first-order chi connectivity index (χ1) is 9.63. The van der Waals surface area contributed by atoms with Crippen LogP contribution >= 0.6 is 0 Å². The van der Waals surface area contributed by atoms with E-state index in [9.17, 15) is 4.79 Å². The molecule has 0 fully saturated rings. The molecular weight excluding hydrogens is 250 g/mol. The van der Waals surface area contributed by atoms with Crippen LogP contribution in [0.15, 0.2) is 54.6 Å². The van der Waals surface area contributed by atoms with Crippen LogP contribution in [0.2, 0.25) is 0 Å². The van der Waals surface area contributed by atoms with E-state index in [-0.39, 0.29) is 0 Å². The van der Waals surface area contributed by atoms with Crippen molar-refractivity contribution in [2.45, 2.75) is 12.5 Å². The Morgan fingerprint density at radius 3 is 2.20 bits per heavy atom. The van der Waals surface area contributed by atoms with E-state index in [4.69, 9.17) is 10.8 Å². The van der Waals surface area contributed by atoms with Gasteiger partial charge in [-0.25, -0.2) is 0 Å². The molecule has 1 atom stereocenters. The molecule has 0 radical (unpaired) electrons. The molecule has 0 bridgehead atoms. The number of fused-ring (bicyclic) bond motifs is 2. The number of benzene rings is 3. The molecule has 20 heavy (non-hydrogen) atoms. The molecule has 100 valence electrons. The van der Waals surface area contributed by atoms with Crippen LogP contribution < -0.4 is 5.73 Å². The van der Waals surface area contributed by atoms with Crippen molar-refractivity contribution >= 4 is 27.5 Å². The van der Waals surface area contributed by atoms with Gasteiger partial charge in [0, 0.05) is 0 Å². The lowest BCUT2D eigenvalue weighted by molar-refractivity contribution is -0.138. The number of carbonyl (C=O) groups is 1. The van der Waals surface area contributed by atoms with E-state index in [1.807, 2.05) is 30.3 Å². The molecule has 0 spiro atoms. The predicted octanol–water partition coefficient (Wildman–Crippen LogP) is 2.95. The molecular formula is C17H15NO2. The quantitative estimate of drug-likeness (QED) is 0.716. The molecule has 3 nitrogen and oxygen atoms in total. The van der Waals surface area contributed by atoms with Crippen LogP contribution in [0.5, 0.6) is 0 Å². The normalized spacial score (nSPS) is 12.7. The minimum absolute atomic E-state index is 0.345. The minimum Gasteiger partial charge on any atom is -0.480 e. The molecule has 0 aliphatic rings. The molecule has 0 aromatic heterocycles. The fourth-order valence-corrected chi connectivity index (χ4v) is 2.46. The maximum Gasteiger partial charge on any atom is 0.320 e. The number of aliphatic carboxylic acids is 1. The van der Waals surface area contributed by atoms with Crippen LogP contribution in [0, 0.1) is 0 Å². The van der Waals surface area contributed by atoms with E-state index in [0.29, 0.717) is 6.42 Å². The van der Waals surface area contributed by atoms with Crippen molar-refractivity contribution in [1.82, 2.24) is 0 Å². The summed E-state index contributed by atoms with van der Waals surface area (Å²) in [6, 6.07) is 17.6. The first-order valence-corrected chi connectivity index (χ1v) is 6.53. The lowest BCUT2D eigenvalue weighted by Crippen LogP contribution is -2.32. The highest BCUT2D eigenvalue weighted by molar-refractivity contribution is 5.98. The summed E-state index contributed by atoms with van der Waals surface area (Å²) >= 11 is 0. The molecule has 3 aromatic rings. The summed E-state index contributed by atoms with van der Waals surface area (Å²) in [6.07, 6.45) is 0.345. The number of hydrogen-bond acceptors (Lipinski definition) is 2. The van der Waals surface area contributed by atoms with Crippen molar-refractivity contribution in [3.63, 3.8) is 0 Å². The number of carboxylic acid groups (broad SMARTS) is 1. The maximum absolute atomic E-state index is 10.8. The largest absolute Gasteiger partial charge is 0.480 e. The van der Waals surface area contributed by atoms with Crippen LogP contribution in [0.1, 0.15) is 5.56 Å². The standard InChI is InChI=1S/C17H15NO2/c18-16(17(19)20)8-11-5-6-14-9-12-3-1-2-4-13(12)10-15(14)7-11/h1-7,9-10,16H,8,18H2,(H,19,20)/t16-/m1/s1. The monoisotopic (exact) mass is 265 g/mol. The summed E-state index contributed by atoms with van der Waals surface area (Å²) < 4.78 is 0. The third-order valence-corrected chi connectivity index (χ3v) is 3.54. The van der Waals surface area contributed by atoms with Gasteiger partial charge in [0.05, 0.1) is 0 Å². The summed E-state index contributed by atoms with van der Waals surface area (Å²) in [7, 11) is 0. The first kappa shape index (κ1) is 12.6. The fourth-order valence-electron chi connectivity index (χ4n) is 2.46. The summed E-state index contributed by atoms with van der Waals surface area (Å²) in [5.74, 6) is -0.969. The van der Waals surface area contributed by atoms with Crippen molar-refractivity contribution < 1.29 is 9.90 Å². The fraction of sp³-hybridized carbons (Fsp3) is 0.118. The topological polar surface area (TPSA) is 63.3 Å². The number of hydrogen-bond donors (Lipinski definition) is 2. The van der Waals surface area contributed by atoms with Gasteiger partial charge in [0.25, 0.3) is 0 Å². The van der Waals surface area contributed by atoms with Gasteiger partial charge in [-0.2, -0.15) is 0 Å². The SMILES string of the molecule is N[C@H](Cc1ccc2cc3ccccc3cc2c1)C(=O)O. The van der Waals surface area contributed by atoms with E-state index in [1.165, 1.54) is 10.8 Å². The highest BCUT2D eigenvalue weighted by Crippen LogP contribution is 2.24. The molecule has 3 rings (SSSR count). The molecule has 3 N–H and O–H groups in total. The van der Waals surface area contributed by atoms with Crippen LogP contribution in [-0.4, -0.2) is 17.1 Å². The van der Waals surface area contributed by atoms with Gasteiger partial charge in [0.15, 0.2) is 0 Å². The summed E-state index contributed by atoms with van der Waals surface area (Å²) in [4.78, 5) is 10.8. The molecule has 0 heterocycles. The molecule has 0 saturated heterocycles. The lowest BCUT2D eigenvalue weighted by atomic mass is 9.99. The highest BCUT2D eigenvalue weighted by Gasteiger charge is 2.12.